The SMILES string of the molecule is N#Cc1c(-n2c3ccccc3c3ccc(C(F)(F)F)cc32)c(-c2ccc(-n3c4ccccc4c4ccccc43)cc2)c(-c2ccc(-n3c4ccccc4c4ccccc43)cc2)c(-c2ccc(-n3c4ccccc4c4ccccc43)cc2)c1-n1c2ccccc2c2ccc(C(F)(F)F)cc21. The Hall–Kier alpha value is -12.9. The third kappa shape index (κ3) is 8.63. The van der Waals surface area contributed by atoms with Gasteiger partial charge >= 0.3 is 12.4 Å². The maximum atomic E-state index is 15.6. The highest BCUT2D eigenvalue weighted by molar-refractivity contribution is 6.17. The van der Waals surface area contributed by atoms with E-state index in [-0.39, 0.29) is 28.0 Å². The Kier molecular flexibility index (Phi) is 12.6. The highest BCUT2D eigenvalue weighted by Gasteiger charge is 2.37. The van der Waals surface area contributed by atoms with Gasteiger partial charge in [-0.2, -0.15) is 31.6 Å². The van der Waals surface area contributed by atoms with E-state index in [1.807, 2.05) is 182 Å². The minimum atomic E-state index is -4.79. The van der Waals surface area contributed by atoms with Crippen LogP contribution in [0.25, 0.3) is 171 Å². The van der Waals surface area contributed by atoms with Crippen LogP contribution in [0, 0.1) is 11.3 Å². The highest BCUT2D eigenvalue weighted by atomic mass is 19.4. The van der Waals surface area contributed by atoms with Gasteiger partial charge < -0.3 is 22.8 Å². The zero-order valence-electron chi connectivity index (χ0n) is 52.3. The monoisotopic (exact) mass is 1290 g/mol. The summed E-state index contributed by atoms with van der Waals surface area (Å²) in [7, 11) is 0. The standard InChI is InChI=1S/C87H50F6N6/c88-86(89,90)55-39-47-68-66-23-7-15-31-77(66)98(79(68)49-55)84-70(51-94)85(99-78-32-16-8-24-67(78)69-48-40-56(50-80(69)99)87(91,92)93)83(54-37-45-59(46-38-54)97-75-29-13-5-21-64(75)65-22-6-14-30-76(65)97)81(52-33-41-57(42-34-52)95-71-25-9-1-17-60(71)61-18-2-10-26-72(61)95)82(84)53-35-43-58(44-36-53)96-73-27-11-3-19-62(73)63-20-4-12-28-74(63)96/h1-50H. The Morgan fingerprint density at radius 3 is 0.697 bits per heavy atom. The molecule has 0 atom stereocenters. The number of benzene rings is 14. The van der Waals surface area contributed by atoms with E-state index in [9.17, 15) is 5.26 Å². The molecule has 0 saturated heterocycles. The van der Waals surface area contributed by atoms with Gasteiger partial charge in [-0.15, -0.1) is 0 Å². The molecule has 5 heterocycles. The molecule has 0 aliphatic rings. The molecule has 470 valence electrons. The molecule has 0 spiro atoms. The number of fused-ring (bicyclic) bond motifs is 15. The molecule has 19 aromatic rings. The Labute approximate surface area is 560 Å². The predicted octanol–water partition coefficient (Wildman–Crippen LogP) is 24.1. The van der Waals surface area contributed by atoms with Gasteiger partial charge in [0, 0.05) is 87.6 Å². The number of hydrogen-bond acceptors (Lipinski definition) is 1. The first-order chi connectivity index (χ1) is 48.4. The molecule has 14 aromatic carbocycles. The molecule has 0 saturated carbocycles. The molecule has 19 rings (SSSR count). The van der Waals surface area contributed by atoms with Gasteiger partial charge in [0.25, 0.3) is 0 Å². The van der Waals surface area contributed by atoms with Crippen molar-refractivity contribution in [1.29, 1.82) is 5.26 Å². The van der Waals surface area contributed by atoms with Crippen LogP contribution in [-0.2, 0) is 12.4 Å². The van der Waals surface area contributed by atoms with Crippen LogP contribution in [0.1, 0.15) is 16.7 Å². The van der Waals surface area contributed by atoms with Crippen LogP contribution in [0.15, 0.2) is 303 Å². The van der Waals surface area contributed by atoms with Gasteiger partial charge in [-0.3, -0.25) is 0 Å². The summed E-state index contributed by atoms with van der Waals surface area (Å²) in [5.74, 6) is 0. The Morgan fingerprint density at radius 1 is 0.232 bits per heavy atom. The maximum Gasteiger partial charge on any atom is 0.416 e. The summed E-state index contributed by atoms with van der Waals surface area (Å²) in [6.45, 7) is 0. The van der Waals surface area contributed by atoms with E-state index in [0.29, 0.717) is 66.0 Å². The molecule has 0 aliphatic carbocycles. The van der Waals surface area contributed by atoms with Crippen LogP contribution in [0.2, 0.25) is 0 Å². The smallest absolute Gasteiger partial charge is 0.309 e. The molecular weight excluding hydrogens is 1240 g/mol. The summed E-state index contributed by atoms with van der Waals surface area (Å²) in [5, 5.41) is 21.5. The van der Waals surface area contributed by atoms with Gasteiger partial charge in [0.15, 0.2) is 0 Å². The number of halogens is 6. The fourth-order valence-corrected chi connectivity index (χ4v) is 15.8. The zero-order valence-corrected chi connectivity index (χ0v) is 52.3. The first-order valence-corrected chi connectivity index (χ1v) is 32.5. The molecule has 0 N–H and O–H groups in total. The number of aromatic nitrogens is 5. The van der Waals surface area contributed by atoms with Gasteiger partial charge in [-0.1, -0.05) is 194 Å². The molecule has 6 nitrogen and oxygen atoms in total. The van der Waals surface area contributed by atoms with Crippen molar-refractivity contribution >= 4 is 109 Å². The van der Waals surface area contributed by atoms with E-state index in [0.717, 1.165) is 107 Å². The summed E-state index contributed by atoms with van der Waals surface area (Å²) in [6, 6.07) is 98.6. The minimum absolute atomic E-state index is 0.0104. The molecule has 0 aliphatic heterocycles. The second-order valence-corrected chi connectivity index (χ2v) is 25.2. The van der Waals surface area contributed by atoms with Crippen molar-refractivity contribution in [3.05, 3.63) is 320 Å². The highest BCUT2D eigenvalue weighted by Crippen LogP contribution is 2.54. The first kappa shape index (κ1) is 57.6. The summed E-state index contributed by atoms with van der Waals surface area (Å²) < 4.78 is 104. The minimum Gasteiger partial charge on any atom is -0.309 e. The fourth-order valence-electron chi connectivity index (χ4n) is 15.8. The summed E-state index contributed by atoms with van der Waals surface area (Å²) in [5.41, 5.74) is 11.6. The largest absolute Gasteiger partial charge is 0.416 e. The lowest BCUT2D eigenvalue weighted by Gasteiger charge is -2.28. The predicted molar refractivity (Wildman–Crippen MR) is 389 cm³/mol. The first-order valence-electron chi connectivity index (χ1n) is 32.5. The van der Waals surface area contributed by atoms with Crippen molar-refractivity contribution in [1.82, 2.24) is 22.8 Å². The van der Waals surface area contributed by atoms with Crippen molar-refractivity contribution in [3.63, 3.8) is 0 Å². The van der Waals surface area contributed by atoms with Crippen LogP contribution in [0.4, 0.5) is 26.3 Å². The van der Waals surface area contributed by atoms with E-state index < -0.39 is 23.5 Å². The van der Waals surface area contributed by atoms with E-state index in [1.54, 1.807) is 9.13 Å². The van der Waals surface area contributed by atoms with E-state index >= 15 is 26.3 Å². The molecular formula is C87H50F6N6. The number of hydrogen-bond donors (Lipinski definition) is 0. The van der Waals surface area contributed by atoms with Gasteiger partial charge in [0.2, 0.25) is 0 Å². The Bertz CT molecular complexity index is 6150. The van der Waals surface area contributed by atoms with E-state index in [1.165, 1.54) is 12.1 Å². The van der Waals surface area contributed by atoms with Crippen molar-refractivity contribution in [2.75, 3.05) is 0 Å². The molecule has 0 amide bonds. The number of nitrogens with zero attached hydrogens (tertiary/aromatic N) is 6. The molecule has 0 bridgehead atoms. The van der Waals surface area contributed by atoms with Crippen LogP contribution in [0.5, 0.6) is 0 Å². The number of rotatable bonds is 8. The fraction of sp³-hybridized carbons (Fsp3) is 0.0230. The summed E-state index contributed by atoms with van der Waals surface area (Å²) in [4.78, 5) is 0. The summed E-state index contributed by atoms with van der Waals surface area (Å²) in [6.07, 6.45) is -9.58. The van der Waals surface area contributed by atoms with Crippen molar-refractivity contribution in [2.24, 2.45) is 0 Å². The molecule has 5 aromatic heterocycles. The average molecular weight is 1290 g/mol. The van der Waals surface area contributed by atoms with Crippen molar-refractivity contribution in [2.45, 2.75) is 12.4 Å². The lowest BCUT2D eigenvalue weighted by atomic mass is 9.82. The lowest BCUT2D eigenvalue weighted by molar-refractivity contribution is -0.138. The van der Waals surface area contributed by atoms with Crippen LogP contribution >= 0.6 is 0 Å². The van der Waals surface area contributed by atoms with E-state index in [2.05, 4.69) is 105 Å². The van der Waals surface area contributed by atoms with E-state index in [4.69, 9.17) is 0 Å². The van der Waals surface area contributed by atoms with Crippen molar-refractivity contribution < 1.29 is 26.3 Å². The molecule has 0 radical (unpaired) electrons. The normalized spacial score (nSPS) is 12.3. The molecule has 12 heteroatoms. The van der Waals surface area contributed by atoms with Crippen LogP contribution in [0.3, 0.4) is 0 Å². The topological polar surface area (TPSA) is 48.4 Å². The lowest BCUT2D eigenvalue weighted by Crippen LogP contribution is -2.12. The second-order valence-electron chi connectivity index (χ2n) is 25.2. The molecule has 0 unspecified atom stereocenters. The van der Waals surface area contributed by atoms with Crippen LogP contribution < -0.4 is 0 Å². The Morgan fingerprint density at radius 2 is 0.455 bits per heavy atom. The van der Waals surface area contributed by atoms with Crippen LogP contribution in [-0.4, -0.2) is 22.8 Å². The maximum absolute atomic E-state index is 15.6. The Balaban J connectivity index is 1.01. The van der Waals surface area contributed by atoms with Gasteiger partial charge in [-0.05, 0) is 126 Å². The number of para-hydroxylation sites is 8. The third-order valence-electron chi connectivity index (χ3n) is 20.0. The zero-order chi connectivity index (χ0) is 66.6. The van der Waals surface area contributed by atoms with Gasteiger partial charge in [0.1, 0.15) is 11.6 Å². The quantitative estimate of drug-likeness (QED) is 0.140. The average Bonchev–Trinajstić information content (AvgIpc) is 1.67. The molecule has 0 fully saturated rings. The second kappa shape index (κ2) is 21.6. The van der Waals surface area contributed by atoms with Crippen molar-refractivity contribution in [3.8, 4) is 67.9 Å². The van der Waals surface area contributed by atoms with Gasteiger partial charge in [0.05, 0.1) is 77.7 Å². The molecule has 99 heavy (non-hydrogen) atoms. The third-order valence-corrected chi connectivity index (χ3v) is 20.0. The number of nitriles is 1. The summed E-state index contributed by atoms with van der Waals surface area (Å²) >= 11 is 0. The van der Waals surface area contributed by atoms with Gasteiger partial charge in [-0.25, -0.2) is 0 Å². The number of alkyl halides is 6.